The summed E-state index contributed by atoms with van der Waals surface area (Å²) in [5, 5.41) is 2.96. The van der Waals surface area contributed by atoms with Crippen LogP contribution in [0.25, 0.3) is 0 Å². The van der Waals surface area contributed by atoms with Gasteiger partial charge in [0.15, 0.2) is 0 Å². The minimum Gasteiger partial charge on any atom is -0.327 e. The number of carbonyl (C=O) groups is 2. The molecule has 0 aromatic heterocycles. The van der Waals surface area contributed by atoms with Gasteiger partial charge in [-0.25, -0.2) is 4.79 Å². The number of hydroxylamine groups is 2. The molecule has 3 amide bonds. The second-order valence-corrected chi connectivity index (χ2v) is 1.53. The maximum Gasteiger partial charge on any atom is 0.349 e. The van der Waals surface area contributed by atoms with E-state index in [1.54, 1.807) is 0 Å². The minimum atomic E-state index is -0.498. The van der Waals surface area contributed by atoms with Gasteiger partial charge in [0.25, 0.3) is 5.91 Å². The largest absolute Gasteiger partial charge is 0.349 e. The molecule has 50 valence electrons. The van der Waals surface area contributed by atoms with Gasteiger partial charge in [-0.2, -0.15) is 0 Å². The Morgan fingerprint density at radius 3 is 2.56 bits per heavy atom. The molecule has 0 unspecified atom stereocenters. The normalized spacial score (nSPS) is 18.6. The van der Waals surface area contributed by atoms with Gasteiger partial charge in [0, 0.05) is 0 Å². The SMILES string of the molecule is CON1C(=O)CNC1=O. The first kappa shape index (κ1) is 6.03. The highest BCUT2D eigenvalue weighted by Gasteiger charge is 2.28. The molecule has 0 saturated carbocycles. The Bertz CT molecular complexity index is 140. The lowest BCUT2D eigenvalue weighted by Gasteiger charge is -2.05. The predicted molar refractivity (Wildman–Crippen MR) is 27.3 cm³/mol. The summed E-state index contributed by atoms with van der Waals surface area (Å²) in [6.45, 7) is 0.0344. The number of urea groups is 1. The third-order valence-electron chi connectivity index (χ3n) is 0.984. The highest BCUT2D eigenvalue weighted by Crippen LogP contribution is 1.96. The standard InChI is InChI=1S/C4H6N2O3/c1-9-6-3(7)2-5-4(6)8/h2H2,1H3,(H,5,8). The Kier molecular flexibility index (Phi) is 1.35. The van der Waals surface area contributed by atoms with E-state index in [2.05, 4.69) is 10.2 Å². The molecule has 0 atom stereocenters. The van der Waals surface area contributed by atoms with E-state index in [1.807, 2.05) is 0 Å². The first-order valence-electron chi connectivity index (χ1n) is 2.40. The predicted octanol–water partition coefficient (Wildman–Crippen LogP) is -0.900. The Hall–Kier alpha value is -1.10. The van der Waals surface area contributed by atoms with E-state index < -0.39 is 6.03 Å². The highest BCUT2D eigenvalue weighted by molar-refractivity contribution is 6.00. The molecule has 0 aromatic rings. The number of hydrogen-bond donors (Lipinski definition) is 1. The van der Waals surface area contributed by atoms with E-state index in [9.17, 15) is 9.59 Å². The molecule has 5 heteroatoms. The summed E-state index contributed by atoms with van der Waals surface area (Å²) in [5.74, 6) is -0.359. The van der Waals surface area contributed by atoms with Gasteiger partial charge >= 0.3 is 6.03 Å². The van der Waals surface area contributed by atoms with Crippen molar-refractivity contribution in [1.82, 2.24) is 10.4 Å². The van der Waals surface area contributed by atoms with Crippen LogP contribution in [-0.2, 0) is 9.63 Å². The summed E-state index contributed by atoms with van der Waals surface area (Å²) in [5.41, 5.74) is 0. The molecule has 1 saturated heterocycles. The summed E-state index contributed by atoms with van der Waals surface area (Å²) in [7, 11) is 1.27. The smallest absolute Gasteiger partial charge is 0.327 e. The van der Waals surface area contributed by atoms with Crippen molar-refractivity contribution in [3.63, 3.8) is 0 Å². The van der Waals surface area contributed by atoms with E-state index in [1.165, 1.54) is 7.11 Å². The third-order valence-corrected chi connectivity index (χ3v) is 0.984. The second kappa shape index (κ2) is 2.02. The molecular formula is C4H6N2O3. The van der Waals surface area contributed by atoms with Crippen LogP contribution >= 0.6 is 0 Å². The summed E-state index contributed by atoms with van der Waals surface area (Å²) in [6.07, 6.45) is 0. The average molecular weight is 130 g/mol. The maximum atomic E-state index is 10.5. The topological polar surface area (TPSA) is 58.6 Å². The number of amides is 3. The fourth-order valence-electron chi connectivity index (χ4n) is 0.593. The van der Waals surface area contributed by atoms with Gasteiger partial charge in [0.05, 0.1) is 7.11 Å². The third kappa shape index (κ3) is 0.857. The average Bonchev–Trinajstić information content (AvgIpc) is 2.12. The van der Waals surface area contributed by atoms with Crippen molar-refractivity contribution in [2.24, 2.45) is 0 Å². The number of hydrogen-bond acceptors (Lipinski definition) is 3. The molecule has 1 aliphatic rings. The van der Waals surface area contributed by atoms with Gasteiger partial charge in [-0.15, -0.1) is 5.06 Å². The summed E-state index contributed by atoms with van der Waals surface area (Å²) >= 11 is 0. The molecule has 1 rings (SSSR count). The minimum absolute atomic E-state index is 0.0344. The van der Waals surface area contributed by atoms with Crippen molar-refractivity contribution in [3.05, 3.63) is 0 Å². The Morgan fingerprint density at radius 2 is 2.33 bits per heavy atom. The van der Waals surface area contributed by atoms with E-state index >= 15 is 0 Å². The zero-order chi connectivity index (χ0) is 6.85. The zero-order valence-corrected chi connectivity index (χ0v) is 4.88. The summed E-state index contributed by atoms with van der Waals surface area (Å²) < 4.78 is 0. The van der Waals surface area contributed by atoms with Crippen LogP contribution in [0.15, 0.2) is 0 Å². The van der Waals surface area contributed by atoms with Crippen LogP contribution in [0, 0.1) is 0 Å². The maximum absolute atomic E-state index is 10.5. The first-order chi connectivity index (χ1) is 4.25. The molecule has 9 heavy (non-hydrogen) atoms. The molecule has 1 heterocycles. The van der Waals surface area contributed by atoms with Crippen molar-refractivity contribution < 1.29 is 14.4 Å². The molecule has 0 spiro atoms. The van der Waals surface area contributed by atoms with E-state index in [0.29, 0.717) is 5.06 Å². The number of carbonyl (C=O) groups excluding carboxylic acids is 2. The van der Waals surface area contributed by atoms with E-state index in [-0.39, 0.29) is 12.5 Å². The van der Waals surface area contributed by atoms with Crippen LogP contribution in [0.2, 0.25) is 0 Å². The molecule has 0 radical (unpaired) electrons. The van der Waals surface area contributed by atoms with Crippen molar-refractivity contribution >= 4 is 11.9 Å². The monoisotopic (exact) mass is 130 g/mol. The molecule has 0 aromatic carbocycles. The zero-order valence-electron chi connectivity index (χ0n) is 4.88. The van der Waals surface area contributed by atoms with Gasteiger partial charge < -0.3 is 5.32 Å². The van der Waals surface area contributed by atoms with Crippen LogP contribution < -0.4 is 5.32 Å². The van der Waals surface area contributed by atoms with Crippen LogP contribution in [0.1, 0.15) is 0 Å². The van der Waals surface area contributed by atoms with Crippen LogP contribution in [0.3, 0.4) is 0 Å². The van der Waals surface area contributed by atoms with Gasteiger partial charge in [-0.1, -0.05) is 0 Å². The molecule has 0 bridgehead atoms. The lowest BCUT2D eigenvalue weighted by atomic mass is 10.7. The Morgan fingerprint density at radius 1 is 1.67 bits per heavy atom. The highest BCUT2D eigenvalue weighted by atomic mass is 16.7. The second-order valence-electron chi connectivity index (χ2n) is 1.53. The molecule has 1 N–H and O–H groups in total. The summed E-state index contributed by atoms with van der Waals surface area (Å²) in [6, 6.07) is -0.498. The van der Waals surface area contributed by atoms with Crippen molar-refractivity contribution in [2.45, 2.75) is 0 Å². The lowest BCUT2D eigenvalue weighted by molar-refractivity contribution is -0.153. The number of nitrogens with one attached hydrogen (secondary N) is 1. The van der Waals surface area contributed by atoms with Crippen LogP contribution in [-0.4, -0.2) is 30.7 Å². The van der Waals surface area contributed by atoms with Crippen LogP contribution in [0.4, 0.5) is 4.79 Å². The molecule has 0 aliphatic carbocycles. The van der Waals surface area contributed by atoms with Crippen molar-refractivity contribution in [2.75, 3.05) is 13.7 Å². The first-order valence-corrected chi connectivity index (χ1v) is 2.40. The quantitative estimate of drug-likeness (QED) is 0.468. The van der Waals surface area contributed by atoms with Crippen molar-refractivity contribution in [1.29, 1.82) is 0 Å². The van der Waals surface area contributed by atoms with Crippen LogP contribution in [0.5, 0.6) is 0 Å². The fourth-order valence-corrected chi connectivity index (χ4v) is 0.593. The Labute approximate surface area is 51.5 Å². The number of nitrogens with zero attached hydrogens (tertiary/aromatic N) is 1. The molecule has 1 fully saturated rings. The molecule has 5 nitrogen and oxygen atoms in total. The van der Waals surface area contributed by atoms with Gasteiger partial charge in [-0.3, -0.25) is 9.63 Å². The lowest BCUT2D eigenvalue weighted by Crippen LogP contribution is -2.29. The van der Waals surface area contributed by atoms with Crippen molar-refractivity contribution in [3.8, 4) is 0 Å². The number of imide groups is 1. The number of rotatable bonds is 1. The van der Waals surface area contributed by atoms with Gasteiger partial charge in [0.2, 0.25) is 0 Å². The molecular weight excluding hydrogens is 124 g/mol. The van der Waals surface area contributed by atoms with Gasteiger partial charge in [-0.05, 0) is 0 Å². The Balaban J connectivity index is 2.66. The molecule has 1 aliphatic heterocycles. The van der Waals surface area contributed by atoms with Gasteiger partial charge in [0.1, 0.15) is 6.54 Å². The van der Waals surface area contributed by atoms with E-state index in [0.717, 1.165) is 0 Å². The summed E-state index contributed by atoms with van der Waals surface area (Å²) in [4.78, 5) is 25.4. The van der Waals surface area contributed by atoms with E-state index in [4.69, 9.17) is 0 Å². The fraction of sp³-hybridized carbons (Fsp3) is 0.500.